The van der Waals surface area contributed by atoms with E-state index in [1.807, 2.05) is 40.9 Å². The molecule has 1 amide bonds. The van der Waals surface area contributed by atoms with Gasteiger partial charge in [0.2, 0.25) is 5.91 Å². The number of rotatable bonds is 3. The van der Waals surface area contributed by atoms with Crippen LogP contribution in [-0.4, -0.2) is 34.9 Å². The third kappa shape index (κ3) is 4.62. The molecule has 19 heavy (non-hydrogen) atoms. The van der Waals surface area contributed by atoms with Gasteiger partial charge in [-0.3, -0.25) is 4.79 Å². The SMILES string of the molecule is CC1CN(C(=O)CCc2ccccc2N)CCS1.Cl. The third-order valence-electron chi connectivity index (χ3n) is 3.26. The largest absolute Gasteiger partial charge is 0.399 e. The van der Waals surface area contributed by atoms with Crippen LogP contribution in [0.5, 0.6) is 0 Å². The van der Waals surface area contributed by atoms with Crippen molar-refractivity contribution in [3.63, 3.8) is 0 Å². The van der Waals surface area contributed by atoms with Gasteiger partial charge < -0.3 is 10.6 Å². The van der Waals surface area contributed by atoms with Crippen molar-refractivity contribution in [1.29, 1.82) is 0 Å². The molecule has 1 heterocycles. The highest BCUT2D eigenvalue weighted by Gasteiger charge is 2.20. The lowest BCUT2D eigenvalue weighted by molar-refractivity contribution is -0.131. The van der Waals surface area contributed by atoms with Crippen LogP contribution in [0.15, 0.2) is 24.3 Å². The second kappa shape index (κ2) is 7.65. The van der Waals surface area contributed by atoms with Crippen molar-refractivity contribution in [3.05, 3.63) is 29.8 Å². The van der Waals surface area contributed by atoms with Crippen LogP contribution in [0.25, 0.3) is 0 Å². The first kappa shape index (κ1) is 16.2. The average Bonchev–Trinajstić information content (AvgIpc) is 2.37. The summed E-state index contributed by atoms with van der Waals surface area (Å²) in [6, 6.07) is 7.77. The molecule has 1 unspecified atom stereocenters. The average molecular weight is 301 g/mol. The van der Waals surface area contributed by atoms with Gasteiger partial charge in [0, 0.05) is 36.2 Å². The first-order valence-corrected chi connectivity index (χ1v) is 7.44. The van der Waals surface area contributed by atoms with Gasteiger partial charge in [-0.2, -0.15) is 11.8 Å². The predicted molar refractivity (Wildman–Crippen MR) is 84.9 cm³/mol. The van der Waals surface area contributed by atoms with Gasteiger partial charge in [0.15, 0.2) is 0 Å². The van der Waals surface area contributed by atoms with Crippen molar-refractivity contribution < 1.29 is 4.79 Å². The fourth-order valence-corrected chi connectivity index (χ4v) is 3.22. The molecule has 106 valence electrons. The molecule has 0 radical (unpaired) electrons. The molecule has 2 rings (SSSR count). The van der Waals surface area contributed by atoms with E-state index in [4.69, 9.17) is 5.73 Å². The second-order valence-electron chi connectivity index (χ2n) is 4.72. The van der Waals surface area contributed by atoms with E-state index >= 15 is 0 Å². The van der Waals surface area contributed by atoms with E-state index in [9.17, 15) is 4.79 Å². The van der Waals surface area contributed by atoms with Crippen LogP contribution in [-0.2, 0) is 11.2 Å². The molecule has 0 saturated carbocycles. The maximum absolute atomic E-state index is 12.1. The molecule has 3 nitrogen and oxygen atoms in total. The highest BCUT2D eigenvalue weighted by Crippen LogP contribution is 2.19. The molecule has 0 spiro atoms. The number of nitrogens with zero attached hydrogens (tertiary/aromatic N) is 1. The van der Waals surface area contributed by atoms with Crippen LogP contribution < -0.4 is 5.73 Å². The summed E-state index contributed by atoms with van der Waals surface area (Å²) in [5.41, 5.74) is 7.74. The van der Waals surface area contributed by atoms with Crippen molar-refractivity contribution in [2.45, 2.75) is 25.0 Å². The highest BCUT2D eigenvalue weighted by molar-refractivity contribution is 7.99. The molecule has 1 aliphatic rings. The Bertz CT molecular complexity index is 428. The van der Waals surface area contributed by atoms with Crippen molar-refractivity contribution in [3.8, 4) is 0 Å². The standard InChI is InChI=1S/C14H20N2OS.ClH/c1-11-10-16(8-9-18-11)14(17)7-6-12-4-2-3-5-13(12)15;/h2-5,11H,6-10,15H2,1H3;1H. The molecule has 1 aromatic carbocycles. The Morgan fingerprint density at radius 2 is 2.21 bits per heavy atom. The van der Waals surface area contributed by atoms with Crippen LogP contribution in [0.2, 0.25) is 0 Å². The van der Waals surface area contributed by atoms with Crippen LogP contribution in [0.1, 0.15) is 18.9 Å². The van der Waals surface area contributed by atoms with Crippen LogP contribution in [0.4, 0.5) is 5.69 Å². The molecule has 0 aliphatic carbocycles. The number of anilines is 1. The number of amides is 1. The lowest BCUT2D eigenvalue weighted by atomic mass is 10.1. The number of nitrogens with two attached hydrogens (primary N) is 1. The number of carbonyl (C=O) groups is 1. The maximum Gasteiger partial charge on any atom is 0.222 e. The molecule has 5 heteroatoms. The summed E-state index contributed by atoms with van der Waals surface area (Å²) in [5.74, 6) is 1.31. The molecule has 1 fully saturated rings. The molecular formula is C14H21ClN2OS. The Morgan fingerprint density at radius 3 is 2.89 bits per heavy atom. The third-order valence-corrected chi connectivity index (χ3v) is 4.39. The number of nitrogen functional groups attached to an aromatic ring is 1. The van der Waals surface area contributed by atoms with Gasteiger partial charge >= 0.3 is 0 Å². The lowest BCUT2D eigenvalue weighted by Crippen LogP contribution is -2.41. The number of aryl methyl sites for hydroxylation is 1. The lowest BCUT2D eigenvalue weighted by Gasteiger charge is -2.30. The number of thioether (sulfide) groups is 1. The smallest absolute Gasteiger partial charge is 0.222 e. The summed E-state index contributed by atoms with van der Waals surface area (Å²) < 4.78 is 0. The zero-order valence-corrected chi connectivity index (χ0v) is 12.8. The fourth-order valence-electron chi connectivity index (χ4n) is 2.21. The summed E-state index contributed by atoms with van der Waals surface area (Å²) in [6.45, 7) is 3.95. The predicted octanol–water partition coefficient (Wildman–Crippen LogP) is 2.59. The van der Waals surface area contributed by atoms with E-state index in [0.29, 0.717) is 11.7 Å². The molecule has 1 aromatic rings. The minimum absolute atomic E-state index is 0. The summed E-state index contributed by atoms with van der Waals surface area (Å²) in [7, 11) is 0. The van der Waals surface area contributed by atoms with Gasteiger partial charge in [0.25, 0.3) is 0 Å². The summed E-state index contributed by atoms with van der Waals surface area (Å²) in [4.78, 5) is 14.1. The molecule has 1 atom stereocenters. The Kier molecular flexibility index (Phi) is 6.52. The van der Waals surface area contributed by atoms with E-state index in [-0.39, 0.29) is 18.3 Å². The number of halogens is 1. The molecule has 0 bridgehead atoms. The number of hydrogen-bond donors (Lipinski definition) is 1. The van der Waals surface area contributed by atoms with Gasteiger partial charge in [-0.05, 0) is 18.1 Å². The van der Waals surface area contributed by atoms with E-state index in [0.717, 1.165) is 36.5 Å². The molecule has 1 aliphatic heterocycles. The van der Waals surface area contributed by atoms with E-state index in [2.05, 4.69) is 6.92 Å². The van der Waals surface area contributed by atoms with E-state index in [1.165, 1.54) is 0 Å². The Balaban J connectivity index is 0.00000180. The first-order valence-electron chi connectivity index (χ1n) is 6.39. The van der Waals surface area contributed by atoms with Gasteiger partial charge in [-0.15, -0.1) is 12.4 Å². The molecule has 0 aromatic heterocycles. The number of hydrogen-bond acceptors (Lipinski definition) is 3. The zero-order chi connectivity index (χ0) is 13.0. The van der Waals surface area contributed by atoms with Gasteiger partial charge in [-0.1, -0.05) is 25.1 Å². The number of benzene rings is 1. The molecular weight excluding hydrogens is 280 g/mol. The first-order chi connectivity index (χ1) is 8.66. The monoisotopic (exact) mass is 300 g/mol. The van der Waals surface area contributed by atoms with Crippen LogP contribution >= 0.6 is 24.2 Å². The molecule has 1 saturated heterocycles. The van der Waals surface area contributed by atoms with Gasteiger partial charge in [0.1, 0.15) is 0 Å². The minimum Gasteiger partial charge on any atom is -0.399 e. The second-order valence-corrected chi connectivity index (χ2v) is 6.27. The van der Waals surface area contributed by atoms with Gasteiger partial charge in [0.05, 0.1) is 0 Å². The number of para-hydroxylation sites is 1. The quantitative estimate of drug-likeness (QED) is 0.873. The minimum atomic E-state index is 0. The van der Waals surface area contributed by atoms with Crippen molar-refractivity contribution in [2.75, 3.05) is 24.6 Å². The zero-order valence-electron chi connectivity index (χ0n) is 11.2. The molecule has 2 N–H and O–H groups in total. The van der Waals surface area contributed by atoms with Crippen molar-refractivity contribution in [1.82, 2.24) is 4.90 Å². The Labute approximate surface area is 125 Å². The summed E-state index contributed by atoms with van der Waals surface area (Å²) in [5, 5.41) is 0.560. The van der Waals surface area contributed by atoms with Crippen LogP contribution in [0, 0.1) is 0 Å². The van der Waals surface area contributed by atoms with Gasteiger partial charge in [-0.25, -0.2) is 0 Å². The van der Waals surface area contributed by atoms with E-state index in [1.54, 1.807) is 0 Å². The summed E-state index contributed by atoms with van der Waals surface area (Å²) in [6.07, 6.45) is 1.30. The normalized spacial score (nSPS) is 18.8. The van der Waals surface area contributed by atoms with Crippen LogP contribution in [0.3, 0.4) is 0 Å². The van der Waals surface area contributed by atoms with Crippen molar-refractivity contribution in [2.24, 2.45) is 0 Å². The van der Waals surface area contributed by atoms with E-state index < -0.39 is 0 Å². The Hall–Kier alpha value is -0.870. The highest BCUT2D eigenvalue weighted by atomic mass is 35.5. The topological polar surface area (TPSA) is 46.3 Å². The maximum atomic E-state index is 12.1. The van der Waals surface area contributed by atoms with Crippen molar-refractivity contribution >= 4 is 35.8 Å². The number of carbonyl (C=O) groups excluding carboxylic acids is 1. The Morgan fingerprint density at radius 1 is 1.47 bits per heavy atom. The summed E-state index contributed by atoms with van der Waals surface area (Å²) >= 11 is 1.94. The fraction of sp³-hybridized carbons (Fsp3) is 0.500.